The van der Waals surface area contributed by atoms with Crippen molar-refractivity contribution in [3.05, 3.63) is 54.0 Å². The molecule has 4 heterocycles. The van der Waals surface area contributed by atoms with Crippen LogP contribution in [0.1, 0.15) is 28.8 Å². The standard InChI is InChI=1S/C21H26N4O3/c1-24(11-5-17-2-8-22-9-3-17)20(26)18-4-10-23-19(16-18)25-12-6-21(7-13-25)27-14-15-28-21/h2-4,8-10,16H,5-7,11-15H2,1H3. The van der Waals surface area contributed by atoms with E-state index in [0.29, 0.717) is 25.3 Å². The Morgan fingerprint density at radius 3 is 2.57 bits per heavy atom. The Balaban J connectivity index is 1.37. The molecule has 28 heavy (non-hydrogen) atoms. The maximum absolute atomic E-state index is 12.8. The number of piperidine rings is 1. The van der Waals surface area contributed by atoms with Gasteiger partial charge in [0.2, 0.25) is 0 Å². The van der Waals surface area contributed by atoms with Crippen LogP contribution in [-0.4, -0.2) is 66.5 Å². The molecule has 4 rings (SSSR count). The molecule has 0 aromatic carbocycles. The maximum atomic E-state index is 12.8. The second-order valence-electron chi connectivity index (χ2n) is 7.33. The van der Waals surface area contributed by atoms with Gasteiger partial charge in [-0.05, 0) is 36.2 Å². The van der Waals surface area contributed by atoms with Crippen LogP contribution in [0.2, 0.25) is 0 Å². The van der Waals surface area contributed by atoms with Gasteiger partial charge < -0.3 is 19.3 Å². The van der Waals surface area contributed by atoms with Crippen LogP contribution in [-0.2, 0) is 15.9 Å². The first-order valence-electron chi connectivity index (χ1n) is 9.79. The summed E-state index contributed by atoms with van der Waals surface area (Å²) < 4.78 is 11.6. The third-order valence-electron chi connectivity index (χ3n) is 5.49. The summed E-state index contributed by atoms with van der Waals surface area (Å²) in [7, 11) is 1.84. The van der Waals surface area contributed by atoms with Crippen LogP contribution >= 0.6 is 0 Å². The third kappa shape index (κ3) is 4.15. The number of carbonyl (C=O) groups excluding carboxylic acids is 1. The molecule has 0 N–H and O–H groups in total. The van der Waals surface area contributed by atoms with E-state index in [-0.39, 0.29) is 5.91 Å². The second kappa shape index (κ2) is 8.24. The molecule has 7 nitrogen and oxygen atoms in total. The van der Waals surface area contributed by atoms with E-state index in [1.54, 1.807) is 29.6 Å². The van der Waals surface area contributed by atoms with E-state index in [1.165, 1.54) is 5.56 Å². The van der Waals surface area contributed by atoms with Crippen LogP contribution in [0.5, 0.6) is 0 Å². The van der Waals surface area contributed by atoms with Gasteiger partial charge in [0.15, 0.2) is 5.79 Å². The Kier molecular flexibility index (Phi) is 5.54. The highest BCUT2D eigenvalue weighted by Crippen LogP contribution is 2.32. The van der Waals surface area contributed by atoms with E-state index in [0.717, 1.165) is 38.2 Å². The van der Waals surface area contributed by atoms with E-state index in [4.69, 9.17) is 9.47 Å². The lowest BCUT2D eigenvalue weighted by Gasteiger charge is -2.38. The molecule has 2 aromatic rings. The van der Waals surface area contributed by atoms with E-state index >= 15 is 0 Å². The molecule has 0 atom stereocenters. The Hall–Kier alpha value is -2.51. The molecule has 0 radical (unpaired) electrons. The SMILES string of the molecule is CN(CCc1ccncc1)C(=O)c1ccnc(N2CCC3(CC2)OCCO3)c1. The van der Waals surface area contributed by atoms with Gasteiger partial charge in [0.1, 0.15) is 5.82 Å². The molecule has 1 amide bonds. The fraction of sp³-hybridized carbons (Fsp3) is 0.476. The summed E-state index contributed by atoms with van der Waals surface area (Å²) in [6, 6.07) is 7.62. The minimum atomic E-state index is -0.406. The molecule has 2 saturated heterocycles. The fourth-order valence-corrected chi connectivity index (χ4v) is 3.75. The zero-order chi connectivity index (χ0) is 19.4. The lowest BCUT2D eigenvalue weighted by atomic mass is 10.0. The minimum absolute atomic E-state index is 0.00801. The van der Waals surface area contributed by atoms with E-state index < -0.39 is 5.79 Å². The average molecular weight is 382 g/mol. The molecule has 0 aliphatic carbocycles. The molecule has 2 aliphatic heterocycles. The van der Waals surface area contributed by atoms with Crippen molar-refractivity contribution < 1.29 is 14.3 Å². The number of carbonyl (C=O) groups is 1. The lowest BCUT2D eigenvalue weighted by Crippen LogP contribution is -2.45. The van der Waals surface area contributed by atoms with Gasteiger partial charge >= 0.3 is 0 Å². The van der Waals surface area contributed by atoms with Gasteiger partial charge in [0.05, 0.1) is 13.2 Å². The Morgan fingerprint density at radius 2 is 1.86 bits per heavy atom. The van der Waals surface area contributed by atoms with Crippen molar-refractivity contribution in [1.29, 1.82) is 0 Å². The summed E-state index contributed by atoms with van der Waals surface area (Å²) in [5.74, 6) is 0.437. The topological polar surface area (TPSA) is 67.8 Å². The number of pyridine rings is 2. The van der Waals surface area contributed by atoms with Crippen molar-refractivity contribution in [2.24, 2.45) is 0 Å². The number of amides is 1. The van der Waals surface area contributed by atoms with Crippen LogP contribution in [0.25, 0.3) is 0 Å². The summed E-state index contributed by atoms with van der Waals surface area (Å²) in [5, 5.41) is 0. The van der Waals surface area contributed by atoms with Gasteiger partial charge in [0, 0.05) is 63.7 Å². The molecule has 7 heteroatoms. The molecule has 148 valence electrons. The Bertz CT molecular complexity index is 798. The second-order valence-corrected chi connectivity index (χ2v) is 7.33. The normalized spacial score (nSPS) is 18.4. The summed E-state index contributed by atoms with van der Waals surface area (Å²) in [5.41, 5.74) is 1.83. The summed E-state index contributed by atoms with van der Waals surface area (Å²) >= 11 is 0. The monoisotopic (exact) mass is 382 g/mol. The third-order valence-corrected chi connectivity index (χ3v) is 5.49. The highest BCUT2D eigenvalue weighted by atomic mass is 16.7. The lowest BCUT2D eigenvalue weighted by molar-refractivity contribution is -0.169. The molecule has 0 unspecified atom stereocenters. The molecule has 2 aliphatic rings. The molecule has 1 spiro atoms. The quantitative estimate of drug-likeness (QED) is 0.789. The minimum Gasteiger partial charge on any atom is -0.356 e. The van der Waals surface area contributed by atoms with Gasteiger partial charge in [-0.2, -0.15) is 0 Å². The molecular weight excluding hydrogens is 356 g/mol. The van der Waals surface area contributed by atoms with E-state index in [1.807, 2.05) is 25.2 Å². The van der Waals surface area contributed by atoms with Gasteiger partial charge in [-0.15, -0.1) is 0 Å². The number of ether oxygens (including phenoxy) is 2. The predicted molar refractivity (Wildman–Crippen MR) is 105 cm³/mol. The first-order chi connectivity index (χ1) is 13.7. The van der Waals surface area contributed by atoms with E-state index in [9.17, 15) is 4.79 Å². The van der Waals surface area contributed by atoms with Crippen LogP contribution in [0.3, 0.4) is 0 Å². The number of rotatable bonds is 5. The summed E-state index contributed by atoms with van der Waals surface area (Å²) in [6.45, 7) is 3.62. The number of hydrogen-bond acceptors (Lipinski definition) is 6. The molecule has 2 aromatic heterocycles. The van der Waals surface area contributed by atoms with Crippen LogP contribution in [0, 0.1) is 0 Å². The van der Waals surface area contributed by atoms with Gasteiger partial charge in [-0.25, -0.2) is 4.98 Å². The van der Waals surface area contributed by atoms with Crippen molar-refractivity contribution in [3.8, 4) is 0 Å². The molecule has 0 saturated carbocycles. The fourth-order valence-electron chi connectivity index (χ4n) is 3.75. The number of hydrogen-bond donors (Lipinski definition) is 0. The zero-order valence-corrected chi connectivity index (χ0v) is 16.2. The van der Waals surface area contributed by atoms with E-state index in [2.05, 4.69) is 14.9 Å². The molecule has 0 bridgehead atoms. The van der Waals surface area contributed by atoms with Crippen molar-refractivity contribution in [2.75, 3.05) is 44.8 Å². The van der Waals surface area contributed by atoms with Gasteiger partial charge in [0.25, 0.3) is 5.91 Å². The van der Waals surface area contributed by atoms with Crippen LogP contribution < -0.4 is 4.90 Å². The largest absolute Gasteiger partial charge is 0.356 e. The first kappa shape index (κ1) is 18.8. The summed E-state index contributed by atoms with van der Waals surface area (Å²) in [6.07, 6.45) is 7.70. The average Bonchev–Trinajstić information content (AvgIpc) is 3.20. The number of aromatic nitrogens is 2. The van der Waals surface area contributed by atoms with Crippen LogP contribution in [0.15, 0.2) is 42.9 Å². The van der Waals surface area contributed by atoms with Crippen molar-refractivity contribution in [1.82, 2.24) is 14.9 Å². The maximum Gasteiger partial charge on any atom is 0.253 e. The first-order valence-corrected chi connectivity index (χ1v) is 9.79. The smallest absolute Gasteiger partial charge is 0.253 e. The zero-order valence-electron chi connectivity index (χ0n) is 16.2. The number of anilines is 1. The molecular formula is C21H26N4O3. The van der Waals surface area contributed by atoms with Crippen molar-refractivity contribution >= 4 is 11.7 Å². The Morgan fingerprint density at radius 1 is 1.14 bits per heavy atom. The van der Waals surface area contributed by atoms with Crippen molar-refractivity contribution in [2.45, 2.75) is 25.0 Å². The van der Waals surface area contributed by atoms with Crippen LogP contribution in [0.4, 0.5) is 5.82 Å². The van der Waals surface area contributed by atoms with Gasteiger partial charge in [-0.3, -0.25) is 9.78 Å². The number of likely N-dealkylation sites (N-methyl/N-ethyl adjacent to an activating group) is 1. The molecule has 2 fully saturated rings. The Labute approximate surface area is 165 Å². The highest BCUT2D eigenvalue weighted by molar-refractivity contribution is 5.94. The predicted octanol–water partition coefficient (Wildman–Crippen LogP) is 2.13. The van der Waals surface area contributed by atoms with Gasteiger partial charge in [-0.1, -0.05) is 0 Å². The van der Waals surface area contributed by atoms with Crippen molar-refractivity contribution in [3.63, 3.8) is 0 Å². The summed E-state index contributed by atoms with van der Waals surface area (Å²) in [4.78, 5) is 25.3. The highest BCUT2D eigenvalue weighted by Gasteiger charge is 2.40. The number of nitrogens with zero attached hydrogens (tertiary/aromatic N) is 4.